The van der Waals surface area contributed by atoms with Crippen LogP contribution in [-0.4, -0.2) is 16.2 Å². The molecule has 4 nitrogen and oxygen atoms in total. The molecule has 0 aromatic heterocycles. The van der Waals surface area contributed by atoms with Gasteiger partial charge >= 0.3 is 5.97 Å². The van der Waals surface area contributed by atoms with Gasteiger partial charge in [0.15, 0.2) is 5.11 Å². The molecule has 5 heteroatoms. The Kier molecular flexibility index (Phi) is 5.06. The highest BCUT2D eigenvalue weighted by atomic mass is 32.1. The van der Waals surface area contributed by atoms with Crippen LogP contribution in [0, 0.1) is 0 Å². The summed E-state index contributed by atoms with van der Waals surface area (Å²) in [4.78, 5) is 10.5. The second-order valence-corrected chi connectivity index (χ2v) is 4.65. The van der Waals surface area contributed by atoms with E-state index in [9.17, 15) is 4.79 Å². The van der Waals surface area contributed by atoms with Gasteiger partial charge in [0, 0.05) is 17.5 Å². The molecule has 0 unspecified atom stereocenters. The van der Waals surface area contributed by atoms with Crippen LogP contribution in [0.4, 0.5) is 11.4 Å². The summed E-state index contributed by atoms with van der Waals surface area (Å²) in [7, 11) is 0. The first-order valence-electron chi connectivity index (χ1n) is 6.27. The first kappa shape index (κ1) is 14.7. The summed E-state index contributed by atoms with van der Waals surface area (Å²) in [5, 5.41) is 15.2. The summed E-state index contributed by atoms with van der Waals surface area (Å²) in [6.07, 6.45) is 2.63. The molecule has 2 aromatic carbocycles. The number of para-hydroxylation sites is 1. The van der Waals surface area contributed by atoms with E-state index < -0.39 is 5.97 Å². The summed E-state index contributed by atoms with van der Waals surface area (Å²) in [5.41, 5.74) is 2.47. The van der Waals surface area contributed by atoms with Gasteiger partial charge in [-0.15, -0.1) is 0 Å². The molecule has 2 aromatic rings. The zero-order valence-electron chi connectivity index (χ0n) is 11.1. The minimum absolute atomic E-state index is 0.473. The molecule has 0 heterocycles. The van der Waals surface area contributed by atoms with Crippen molar-refractivity contribution in [3.05, 3.63) is 66.2 Å². The van der Waals surface area contributed by atoms with E-state index >= 15 is 0 Å². The highest BCUT2D eigenvalue weighted by Gasteiger charge is 1.99. The van der Waals surface area contributed by atoms with Crippen molar-refractivity contribution in [2.45, 2.75) is 0 Å². The number of benzene rings is 2. The van der Waals surface area contributed by atoms with Crippen molar-refractivity contribution < 1.29 is 9.90 Å². The van der Waals surface area contributed by atoms with Gasteiger partial charge in [-0.25, -0.2) is 4.79 Å². The monoisotopic (exact) mass is 298 g/mol. The van der Waals surface area contributed by atoms with Gasteiger partial charge in [0.1, 0.15) is 0 Å². The number of carboxylic acid groups (broad SMARTS) is 1. The van der Waals surface area contributed by atoms with Crippen LogP contribution in [0.2, 0.25) is 0 Å². The van der Waals surface area contributed by atoms with E-state index in [-0.39, 0.29) is 0 Å². The Morgan fingerprint density at radius 1 is 1.00 bits per heavy atom. The van der Waals surface area contributed by atoms with Gasteiger partial charge in [0.05, 0.1) is 0 Å². The number of thiocarbonyl (C=S) groups is 1. The van der Waals surface area contributed by atoms with Crippen LogP contribution in [0.15, 0.2) is 60.7 Å². The molecular formula is C16H14N2O2S. The highest BCUT2D eigenvalue weighted by Crippen LogP contribution is 2.13. The maximum Gasteiger partial charge on any atom is 0.328 e. The van der Waals surface area contributed by atoms with Crippen LogP contribution in [0.3, 0.4) is 0 Å². The van der Waals surface area contributed by atoms with Crippen molar-refractivity contribution in [3.63, 3.8) is 0 Å². The predicted octanol–water partition coefficient (Wildman–Crippen LogP) is 3.59. The van der Waals surface area contributed by atoms with Crippen molar-refractivity contribution >= 4 is 40.8 Å². The molecule has 0 radical (unpaired) electrons. The second-order valence-electron chi connectivity index (χ2n) is 4.24. The van der Waals surface area contributed by atoms with E-state index in [1.807, 2.05) is 54.6 Å². The zero-order chi connectivity index (χ0) is 15.1. The van der Waals surface area contributed by atoms with E-state index in [4.69, 9.17) is 17.3 Å². The summed E-state index contributed by atoms with van der Waals surface area (Å²) in [6, 6.07) is 16.9. The van der Waals surface area contributed by atoms with Crippen molar-refractivity contribution in [1.29, 1.82) is 0 Å². The molecule has 0 aliphatic carbocycles. The Morgan fingerprint density at radius 3 is 2.38 bits per heavy atom. The number of carboxylic acids is 1. The van der Waals surface area contributed by atoms with E-state index in [2.05, 4.69) is 10.6 Å². The molecule has 2 rings (SSSR count). The van der Waals surface area contributed by atoms with E-state index in [0.717, 1.165) is 23.0 Å². The van der Waals surface area contributed by atoms with Crippen LogP contribution in [-0.2, 0) is 4.79 Å². The third-order valence-electron chi connectivity index (χ3n) is 2.59. The summed E-state index contributed by atoms with van der Waals surface area (Å²) < 4.78 is 0. The Labute approximate surface area is 128 Å². The molecular weight excluding hydrogens is 284 g/mol. The minimum Gasteiger partial charge on any atom is -0.478 e. The molecule has 3 N–H and O–H groups in total. The maximum atomic E-state index is 10.5. The van der Waals surface area contributed by atoms with Crippen LogP contribution in [0.1, 0.15) is 5.56 Å². The highest BCUT2D eigenvalue weighted by molar-refractivity contribution is 7.80. The van der Waals surface area contributed by atoms with Gasteiger partial charge in [-0.1, -0.05) is 30.3 Å². The van der Waals surface area contributed by atoms with Gasteiger partial charge in [-0.3, -0.25) is 0 Å². The SMILES string of the molecule is O=C(O)/C=C/c1cccc(NC(=S)Nc2ccccc2)c1. The molecule has 0 atom stereocenters. The fraction of sp³-hybridized carbons (Fsp3) is 0. The third-order valence-corrected chi connectivity index (χ3v) is 2.80. The molecule has 0 saturated heterocycles. The van der Waals surface area contributed by atoms with Crippen LogP contribution >= 0.6 is 12.2 Å². The Morgan fingerprint density at radius 2 is 1.67 bits per heavy atom. The van der Waals surface area contributed by atoms with Gasteiger partial charge < -0.3 is 15.7 Å². The molecule has 0 bridgehead atoms. The van der Waals surface area contributed by atoms with Crippen molar-refractivity contribution in [1.82, 2.24) is 0 Å². The lowest BCUT2D eigenvalue weighted by Gasteiger charge is -2.10. The number of nitrogens with one attached hydrogen (secondary N) is 2. The van der Waals surface area contributed by atoms with Crippen LogP contribution < -0.4 is 10.6 Å². The Hall–Kier alpha value is -2.66. The molecule has 106 valence electrons. The average molecular weight is 298 g/mol. The smallest absolute Gasteiger partial charge is 0.328 e. The van der Waals surface area contributed by atoms with E-state index in [1.165, 1.54) is 6.08 Å². The molecule has 0 amide bonds. The molecule has 0 fully saturated rings. The quantitative estimate of drug-likeness (QED) is 0.595. The summed E-state index contributed by atoms with van der Waals surface area (Å²) in [6.45, 7) is 0. The Bertz CT molecular complexity index is 669. The maximum absolute atomic E-state index is 10.5. The topological polar surface area (TPSA) is 61.4 Å². The zero-order valence-corrected chi connectivity index (χ0v) is 11.9. The average Bonchev–Trinajstić information content (AvgIpc) is 2.46. The number of hydrogen-bond donors (Lipinski definition) is 3. The van der Waals surface area contributed by atoms with E-state index in [1.54, 1.807) is 0 Å². The predicted molar refractivity (Wildman–Crippen MR) is 89.4 cm³/mol. The number of aliphatic carboxylic acids is 1. The van der Waals surface area contributed by atoms with Gasteiger partial charge in [-0.2, -0.15) is 0 Å². The first-order chi connectivity index (χ1) is 10.1. The van der Waals surface area contributed by atoms with Gasteiger partial charge in [0.25, 0.3) is 0 Å². The lowest BCUT2D eigenvalue weighted by atomic mass is 10.2. The van der Waals surface area contributed by atoms with Crippen LogP contribution in [0.25, 0.3) is 6.08 Å². The number of carbonyl (C=O) groups is 1. The first-order valence-corrected chi connectivity index (χ1v) is 6.68. The second kappa shape index (κ2) is 7.21. The number of hydrogen-bond acceptors (Lipinski definition) is 2. The molecule has 0 aliphatic rings. The van der Waals surface area contributed by atoms with Gasteiger partial charge in [0.2, 0.25) is 0 Å². The third kappa shape index (κ3) is 5.08. The van der Waals surface area contributed by atoms with Crippen molar-refractivity contribution in [2.75, 3.05) is 10.6 Å². The fourth-order valence-electron chi connectivity index (χ4n) is 1.70. The standard InChI is InChI=1S/C16H14N2O2S/c19-15(20)10-9-12-5-4-8-14(11-12)18-16(21)17-13-6-2-1-3-7-13/h1-11H,(H,19,20)(H2,17,18,21)/b10-9+. The molecule has 0 spiro atoms. The molecule has 0 saturated carbocycles. The number of rotatable bonds is 4. The minimum atomic E-state index is -0.977. The molecule has 21 heavy (non-hydrogen) atoms. The fourth-order valence-corrected chi connectivity index (χ4v) is 1.94. The lowest BCUT2D eigenvalue weighted by Crippen LogP contribution is -2.18. The largest absolute Gasteiger partial charge is 0.478 e. The molecule has 0 aliphatic heterocycles. The van der Waals surface area contributed by atoms with Gasteiger partial charge in [-0.05, 0) is 48.1 Å². The Balaban J connectivity index is 2.01. The number of anilines is 2. The van der Waals surface area contributed by atoms with E-state index in [0.29, 0.717) is 5.11 Å². The van der Waals surface area contributed by atoms with Crippen molar-refractivity contribution in [2.24, 2.45) is 0 Å². The summed E-state index contributed by atoms with van der Waals surface area (Å²) in [5.74, 6) is -0.977. The van der Waals surface area contributed by atoms with Crippen LogP contribution in [0.5, 0.6) is 0 Å². The normalized spacial score (nSPS) is 10.3. The van der Waals surface area contributed by atoms with Crippen molar-refractivity contribution in [3.8, 4) is 0 Å². The summed E-state index contributed by atoms with van der Waals surface area (Å²) >= 11 is 5.23. The lowest BCUT2D eigenvalue weighted by molar-refractivity contribution is -0.131.